The van der Waals surface area contributed by atoms with Crippen molar-refractivity contribution in [2.45, 2.75) is 12.8 Å². The van der Waals surface area contributed by atoms with Crippen LogP contribution in [0.25, 0.3) is 0 Å². The molecule has 0 aromatic carbocycles. The lowest BCUT2D eigenvalue weighted by Crippen LogP contribution is -2.35. The Morgan fingerprint density at radius 2 is 2.22 bits per heavy atom. The van der Waals surface area contributed by atoms with E-state index in [2.05, 4.69) is 15.3 Å². The van der Waals surface area contributed by atoms with Crippen molar-refractivity contribution in [2.24, 2.45) is 5.92 Å². The van der Waals surface area contributed by atoms with Crippen molar-refractivity contribution in [1.82, 2.24) is 15.3 Å². The number of methoxy groups -OCH3 is 1. The first-order valence-corrected chi connectivity index (χ1v) is 6.26. The molecule has 100 valence electrons. The maximum Gasteiger partial charge on any atom is 0.295 e. The van der Waals surface area contributed by atoms with Crippen LogP contribution >= 0.6 is 0 Å². The van der Waals surface area contributed by atoms with Crippen molar-refractivity contribution in [3.63, 3.8) is 0 Å². The summed E-state index contributed by atoms with van der Waals surface area (Å²) in [4.78, 5) is 20.3. The number of rotatable bonds is 4. The van der Waals surface area contributed by atoms with E-state index in [0.29, 0.717) is 11.7 Å². The first-order chi connectivity index (χ1) is 8.72. The van der Waals surface area contributed by atoms with Crippen molar-refractivity contribution in [1.29, 1.82) is 0 Å². The van der Waals surface area contributed by atoms with Crippen LogP contribution in [0.5, 0.6) is 5.75 Å². The zero-order valence-electron chi connectivity index (χ0n) is 10.9. The first-order valence-electron chi connectivity index (χ1n) is 6.26. The topological polar surface area (TPSA) is 70.2 Å². The molecule has 2 rings (SSSR count). The molecule has 2 heterocycles. The number of ether oxygens (including phenoxy) is 1. The fraction of sp³-hybridized carbons (Fsp3) is 0.667. The minimum absolute atomic E-state index is 0.236. The monoisotopic (exact) mass is 252 g/mol. The van der Waals surface area contributed by atoms with Gasteiger partial charge in [0.25, 0.3) is 5.56 Å². The van der Waals surface area contributed by atoms with Crippen molar-refractivity contribution in [3.8, 4) is 5.75 Å². The molecule has 0 bridgehead atoms. The number of hydrogen-bond donors (Lipinski definition) is 2. The third-order valence-electron chi connectivity index (χ3n) is 3.35. The van der Waals surface area contributed by atoms with Gasteiger partial charge in [0.2, 0.25) is 5.75 Å². The lowest BCUT2D eigenvalue weighted by atomic mass is 9.98. The largest absolute Gasteiger partial charge is 0.489 e. The van der Waals surface area contributed by atoms with Gasteiger partial charge in [0, 0.05) is 13.6 Å². The van der Waals surface area contributed by atoms with E-state index in [1.54, 1.807) is 0 Å². The van der Waals surface area contributed by atoms with Crippen LogP contribution in [0.1, 0.15) is 12.8 Å². The summed E-state index contributed by atoms with van der Waals surface area (Å²) in [5.74, 6) is 1.54. The fourth-order valence-electron chi connectivity index (χ4n) is 2.37. The molecule has 6 heteroatoms. The molecule has 1 aromatic rings. The summed E-state index contributed by atoms with van der Waals surface area (Å²) >= 11 is 0. The Morgan fingerprint density at radius 3 is 2.89 bits per heavy atom. The SMILES string of the molecule is COc1c(N(C)CC2CCNCC2)nc[nH]c1=O. The fourth-order valence-corrected chi connectivity index (χ4v) is 2.37. The Hall–Kier alpha value is -1.56. The Bertz CT molecular complexity index is 440. The smallest absolute Gasteiger partial charge is 0.295 e. The molecule has 0 radical (unpaired) electrons. The number of nitrogens with one attached hydrogen (secondary N) is 2. The Kier molecular flexibility index (Phi) is 4.19. The molecule has 1 aliphatic heterocycles. The third-order valence-corrected chi connectivity index (χ3v) is 3.35. The second-order valence-corrected chi connectivity index (χ2v) is 4.66. The standard InChI is InChI=1S/C12H20N4O2/c1-16(7-9-3-5-13-6-4-9)11-10(18-2)12(17)15-8-14-11/h8-9,13H,3-7H2,1-2H3,(H,14,15,17). The van der Waals surface area contributed by atoms with Crippen molar-refractivity contribution in [2.75, 3.05) is 38.7 Å². The van der Waals surface area contributed by atoms with Crippen LogP contribution in [0.4, 0.5) is 5.82 Å². The van der Waals surface area contributed by atoms with E-state index < -0.39 is 0 Å². The molecule has 0 aliphatic carbocycles. The summed E-state index contributed by atoms with van der Waals surface area (Å²) in [5, 5.41) is 3.35. The summed E-state index contributed by atoms with van der Waals surface area (Å²) in [6, 6.07) is 0. The lowest BCUT2D eigenvalue weighted by molar-refractivity contribution is 0.373. The molecule has 1 aromatic heterocycles. The number of piperidine rings is 1. The number of hydrogen-bond acceptors (Lipinski definition) is 5. The Balaban J connectivity index is 2.10. The molecular formula is C12H20N4O2. The zero-order valence-corrected chi connectivity index (χ0v) is 10.9. The van der Waals surface area contributed by atoms with E-state index in [4.69, 9.17) is 4.74 Å². The molecule has 0 unspecified atom stereocenters. The highest BCUT2D eigenvalue weighted by Crippen LogP contribution is 2.22. The minimum atomic E-state index is -0.236. The van der Waals surface area contributed by atoms with Gasteiger partial charge in [-0.25, -0.2) is 4.98 Å². The summed E-state index contributed by atoms with van der Waals surface area (Å²) < 4.78 is 5.13. The van der Waals surface area contributed by atoms with Gasteiger partial charge in [0.05, 0.1) is 13.4 Å². The van der Waals surface area contributed by atoms with E-state index in [0.717, 1.165) is 32.5 Å². The molecule has 0 atom stereocenters. The average molecular weight is 252 g/mol. The van der Waals surface area contributed by atoms with Crippen molar-refractivity contribution in [3.05, 3.63) is 16.7 Å². The van der Waals surface area contributed by atoms with Gasteiger partial charge < -0.3 is 19.9 Å². The summed E-state index contributed by atoms with van der Waals surface area (Å²) in [6.45, 7) is 3.03. The summed E-state index contributed by atoms with van der Waals surface area (Å²) in [5.41, 5.74) is -0.236. The van der Waals surface area contributed by atoms with Crippen LogP contribution in [-0.4, -0.2) is 43.8 Å². The quantitative estimate of drug-likeness (QED) is 0.802. The van der Waals surface area contributed by atoms with Gasteiger partial charge in [-0.1, -0.05) is 0 Å². The highest BCUT2D eigenvalue weighted by Gasteiger charge is 2.19. The van der Waals surface area contributed by atoms with Gasteiger partial charge >= 0.3 is 0 Å². The Morgan fingerprint density at radius 1 is 1.50 bits per heavy atom. The van der Waals surface area contributed by atoms with Crippen LogP contribution in [0.2, 0.25) is 0 Å². The van der Waals surface area contributed by atoms with Gasteiger partial charge in [-0.15, -0.1) is 0 Å². The summed E-state index contributed by atoms with van der Waals surface area (Å²) in [7, 11) is 3.44. The molecule has 1 aliphatic rings. The normalized spacial score (nSPS) is 16.6. The predicted molar refractivity (Wildman–Crippen MR) is 70.3 cm³/mol. The van der Waals surface area contributed by atoms with E-state index in [1.807, 2.05) is 11.9 Å². The van der Waals surface area contributed by atoms with Crippen molar-refractivity contribution >= 4 is 5.82 Å². The predicted octanol–water partition coefficient (Wildman–Crippen LogP) is 0.214. The molecule has 2 N–H and O–H groups in total. The highest BCUT2D eigenvalue weighted by molar-refractivity contribution is 5.49. The van der Waals surface area contributed by atoms with Crippen LogP contribution in [0.3, 0.4) is 0 Å². The average Bonchev–Trinajstić information content (AvgIpc) is 2.39. The van der Waals surface area contributed by atoms with Gasteiger partial charge in [0.15, 0.2) is 5.82 Å². The number of aromatic amines is 1. The highest BCUT2D eigenvalue weighted by atomic mass is 16.5. The van der Waals surface area contributed by atoms with Gasteiger partial charge in [-0.3, -0.25) is 4.79 Å². The number of anilines is 1. The third kappa shape index (κ3) is 2.81. The molecule has 6 nitrogen and oxygen atoms in total. The second-order valence-electron chi connectivity index (χ2n) is 4.66. The van der Waals surface area contributed by atoms with Gasteiger partial charge in [-0.2, -0.15) is 0 Å². The number of aromatic nitrogens is 2. The van der Waals surface area contributed by atoms with Gasteiger partial charge in [0.1, 0.15) is 0 Å². The zero-order chi connectivity index (χ0) is 13.0. The molecular weight excluding hydrogens is 232 g/mol. The van der Waals surface area contributed by atoms with Crippen LogP contribution < -0.4 is 20.5 Å². The molecule has 1 saturated heterocycles. The van der Waals surface area contributed by atoms with Crippen LogP contribution in [0, 0.1) is 5.92 Å². The number of nitrogens with zero attached hydrogens (tertiary/aromatic N) is 2. The van der Waals surface area contributed by atoms with Crippen LogP contribution in [-0.2, 0) is 0 Å². The molecule has 0 amide bonds. The van der Waals surface area contributed by atoms with Crippen molar-refractivity contribution < 1.29 is 4.74 Å². The van der Waals surface area contributed by atoms with Gasteiger partial charge in [-0.05, 0) is 31.8 Å². The maximum absolute atomic E-state index is 11.6. The first kappa shape index (κ1) is 12.9. The molecule has 0 spiro atoms. The number of H-pyrrole nitrogens is 1. The van der Waals surface area contributed by atoms with E-state index in [1.165, 1.54) is 13.4 Å². The van der Waals surface area contributed by atoms with E-state index in [9.17, 15) is 4.79 Å². The van der Waals surface area contributed by atoms with E-state index >= 15 is 0 Å². The second kappa shape index (κ2) is 5.86. The summed E-state index contributed by atoms with van der Waals surface area (Å²) in [6.07, 6.45) is 3.74. The Labute approximate surface area is 106 Å². The van der Waals surface area contributed by atoms with Crippen LogP contribution in [0.15, 0.2) is 11.1 Å². The molecule has 1 fully saturated rings. The maximum atomic E-state index is 11.6. The molecule has 0 saturated carbocycles. The lowest BCUT2D eigenvalue weighted by Gasteiger charge is -2.28. The minimum Gasteiger partial charge on any atom is -0.489 e. The van der Waals surface area contributed by atoms with E-state index in [-0.39, 0.29) is 11.3 Å². The molecule has 18 heavy (non-hydrogen) atoms.